The summed E-state index contributed by atoms with van der Waals surface area (Å²) in [6.45, 7) is 3.09. The highest BCUT2D eigenvalue weighted by molar-refractivity contribution is 5.99. The van der Waals surface area contributed by atoms with Crippen molar-refractivity contribution in [2.45, 2.75) is 38.8 Å². The zero-order valence-corrected chi connectivity index (χ0v) is 20.5. The van der Waals surface area contributed by atoms with Crippen LogP contribution >= 0.6 is 0 Å². The molecule has 6 nitrogen and oxygen atoms in total. The van der Waals surface area contributed by atoms with Crippen molar-refractivity contribution in [3.8, 4) is 11.5 Å². The Labute approximate surface area is 210 Å². The first-order valence-electron chi connectivity index (χ1n) is 12.3. The van der Waals surface area contributed by atoms with Crippen LogP contribution < -0.4 is 14.9 Å². The van der Waals surface area contributed by atoms with Gasteiger partial charge in [0.1, 0.15) is 17.1 Å². The summed E-state index contributed by atoms with van der Waals surface area (Å²) in [5, 5.41) is 0.465. The molecule has 0 saturated carbocycles. The molecule has 1 atom stereocenters. The third kappa shape index (κ3) is 4.47. The minimum atomic E-state index is -0.588. The maximum atomic E-state index is 13.7. The molecule has 1 aliphatic heterocycles. The average Bonchev–Trinajstić information content (AvgIpc) is 3.19. The standard InChI is InChI=1S/C30H29NO5/c1-3-4-7-17-35-23-10-8-9-21(18-23)27-26-28(32)24-11-5-6-12-25(24)36-29(26)30(33)31(27)19-20-13-15-22(34-2)16-14-20/h5-6,8-16,18,27H,3-4,7,17,19H2,1-2H3. The monoisotopic (exact) mass is 483 g/mol. The molecule has 6 heteroatoms. The van der Waals surface area contributed by atoms with Gasteiger partial charge in [-0.25, -0.2) is 0 Å². The van der Waals surface area contributed by atoms with E-state index < -0.39 is 6.04 Å². The Hall–Kier alpha value is -4.06. The SMILES string of the molecule is CCCCCOc1cccc(C2c3c(oc4ccccc4c3=O)C(=O)N2Cc2ccc(OC)cc2)c1. The van der Waals surface area contributed by atoms with Crippen molar-refractivity contribution < 1.29 is 18.7 Å². The fraction of sp³-hybridized carbons (Fsp3) is 0.267. The lowest BCUT2D eigenvalue weighted by Crippen LogP contribution is -2.29. The smallest absolute Gasteiger partial charge is 0.291 e. The first kappa shape index (κ1) is 23.7. The van der Waals surface area contributed by atoms with E-state index in [4.69, 9.17) is 13.9 Å². The lowest BCUT2D eigenvalue weighted by Gasteiger charge is -2.25. The highest BCUT2D eigenvalue weighted by Crippen LogP contribution is 2.40. The van der Waals surface area contributed by atoms with Gasteiger partial charge >= 0.3 is 0 Å². The Kier molecular flexibility index (Phi) is 6.76. The molecular weight excluding hydrogens is 454 g/mol. The van der Waals surface area contributed by atoms with E-state index in [0.29, 0.717) is 29.7 Å². The molecule has 0 N–H and O–H groups in total. The first-order chi connectivity index (χ1) is 17.6. The van der Waals surface area contributed by atoms with Gasteiger partial charge in [0, 0.05) is 6.54 Å². The van der Waals surface area contributed by atoms with Gasteiger partial charge in [0.15, 0.2) is 5.43 Å². The number of fused-ring (bicyclic) bond motifs is 2. The summed E-state index contributed by atoms with van der Waals surface area (Å²) in [5.74, 6) is 1.26. The van der Waals surface area contributed by atoms with Gasteiger partial charge in [-0.2, -0.15) is 0 Å². The number of ether oxygens (including phenoxy) is 2. The van der Waals surface area contributed by atoms with Crippen LogP contribution in [0.5, 0.6) is 11.5 Å². The molecule has 36 heavy (non-hydrogen) atoms. The number of amides is 1. The molecule has 1 amide bonds. The molecule has 4 aromatic rings. The predicted octanol–water partition coefficient (Wildman–Crippen LogP) is 6.12. The topological polar surface area (TPSA) is 69.0 Å². The Morgan fingerprint density at radius 1 is 0.917 bits per heavy atom. The highest BCUT2D eigenvalue weighted by atomic mass is 16.5. The molecule has 1 unspecified atom stereocenters. The largest absolute Gasteiger partial charge is 0.497 e. The minimum Gasteiger partial charge on any atom is -0.497 e. The van der Waals surface area contributed by atoms with Crippen LogP contribution in [0, 0.1) is 0 Å². The molecule has 0 radical (unpaired) electrons. The number of hydrogen-bond donors (Lipinski definition) is 0. The average molecular weight is 484 g/mol. The van der Waals surface area contributed by atoms with Gasteiger partial charge in [-0.05, 0) is 53.9 Å². The van der Waals surface area contributed by atoms with E-state index in [1.807, 2.05) is 48.5 Å². The summed E-state index contributed by atoms with van der Waals surface area (Å²) in [7, 11) is 1.62. The van der Waals surface area contributed by atoms with Gasteiger partial charge < -0.3 is 18.8 Å². The normalized spacial score (nSPS) is 14.8. The number of methoxy groups -OCH3 is 1. The Morgan fingerprint density at radius 3 is 2.50 bits per heavy atom. The molecule has 0 fully saturated rings. The minimum absolute atomic E-state index is 0.103. The van der Waals surface area contributed by atoms with Crippen molar-refractivity contribution in [3.63, 3.8) is 0 Å². The van der Waals surface area contributed by atoms with E-state index in [-0.39, 0.29) is 17.1 Å². The second-order valence-corrected chi connectivity index (χ2v) is 8.98. The van der Waals surface area contributed by atoms with Gasteiger partial charge in [0.2, 0.25) is 5.76 Å². The van der Waals surface area contributed by atoms with Gasteiger partial charge in [0.05, 0.1) is 30.7 Å². The predicted molar refractivity (Wildman–Crippen MR) is 139 cm³/mol. The number of nitrogens with zero attached hydrogens (tertiary/aromatic N) is 1. The lowest BCUT2D eigenvalue weighted by molar-refractivity contribution is 0.0714. The fourth-order valence-corrected chi connectivity index (χ4v) is 4.72. The third-order valence-corrected chi connectivity index (χ3v) is 6.58. The van der Waals surface area contributed by atoms with E-state index in [2.05, 4.69) is 6.92 Å². The number of hydrogen-bond acceptors (Lipinski definition) is 5. The maximum absolute atomic E-state index is 13.7. The zero-order chi connectivity index (χ0) is 25.1. The molecule has 184 valence electrons. The van der Waals surface area contributed by atoms with Crippen LogP contribution in [0.25, 0.3) is 11.0 Å². The van der Waals surface area contributed by atoms with Crippen molar-refractivity contribution in [1.82, 2.24) is 4.90 Å². The molecule has 5 rings (SSSR count). The molecule has 0 spiro atoms. The van der Waals surface area contributed by atoms with Gasteiger partial charge in [0.25, 0.3) is 5.91 Å². The summed E-state index contributed by atoms with van der Waals surface area (Å²) in [4.78, 5) is 29.0. The number of carbonyl (C=O) groups is 1. The second kappa shape index (κ2) is 10.3. The van der Waals surface area contributed by atoms with Gasteiger partial charge in [-0.3, -0.25) is 9.59 Å². The summed E-state index contributed by atoms with van der Waals surface area (Å²) >= 11 is 0. The van der Waals surface area contributed by atoms with Gasteiger partial charge in [-0.15, -0.1) is 0 Å². The van der Waals surface area contributed by atoms with Crippen LogP contribution in [0.2, 0.25) is 0 Å². The van der Waals surface area contributed by atoms with Crippen LogP contribution in [0.3, 0.4) is 0 Å². The van der Waals surface area contributed by atoms with Crippen LogP contribution in [0.4, 0.5) is 0 Å². The van der Waals surface area contributed by atoms with Crippen molar-refractivity contribution in [3.05, 3.63) is 105 Å². The molecule has 3 aromatic carbocycles. The van der Waals surface area contributed by atoms with E-state index in [1.54, 1.807) is 36.3 Å². The zero-order valence-electron chi connectivity index (χ0n) is 20.5. The molecule has 0 aliphatic carbocycles. The summed E-state index contributed by atoms with van der Waals surface area (Å²) in [5.41, 5.74) is 2.33. The molecule has 0 saturated heterocycles. The van der Waals surface area contributed by atoms with E-state index in [0.717, 1.165) is 41.9 Å². The van der Waals surface area contributed by atoms with E-state index in [9.17, 15) is 9.59 Å². The lowest BCUT2D eigenvalue weighted by atomic mass is 9.98. The first-order valence-corrected chi connectivity index (χ1v) is 12.3. The van der Waals surface area contributed by atoms with Crippen molar-refractivity contribution >= 4 is 16.9 Å². The summed E-state index contributed by atoms with van der Waals surface area (Å²) < 4.78 is 17.3. The Bertz CT molecular complexity index is 1440. The summed E-state index contributed by atoms with van der Waals surface area (Å²) in [6.07, 6.45) is 3.20. The van der Waals surface area contributed by atoms with Crippen LogP contribution in [-0.2, 0) is 6.54 Å². The molecule has 1 aromatic heterocycles. The third-order valence-electron chi connectivity index (χ3n) is 6.58. The summed E-state index contributed by atoms with van der Waals surface area (Å²) in [6, 6.07) is 21.7. The molecule has 0 bridgehead atoms. The second-order valence-electron chi connectivity index (χ2n) is 8.98. The maximum Gasteiger partial charge on any atom is 0.291 e. The number of unbranched alkanes of at least 4 members (excludes halogenated alkanes) is 2. The Morgan fingerprint density at radius 2 is 1.72 bits per heavy atom. The number of benzene rings is 3. The number of rotatable bonds is 9. The van der Waals surface area contributed by atoms with E-state index in [1.165, 1.54) is 0 Å². The van der Waals surface area contributed by atoms with Crippen LogP contribution in [0.1, 0.15) is 59.5 Å². The van der Waals surface area contributed by atoms with Crippen molar-refractivity contribution in [1.29, 1.82) is 0 Å². The highest BCUT2D eigenvalue weighted by Gasteiger charge is 2.42. The molecule has 2 heterocycles. The fourth-order valence-electron chi connectivity index (χ4n) is 4.72. The Balaban J connectivity index is 1.58. The van der Waals surface area contributed by atoms with Gasteiger partial charge in [-0.1, -0.05) is 56.2 Å². The molecule has 1 aliphatic rings. The van der Waals surface area contributed by atoms with Crippen LogP contribution in [0.15, 0.2) is 82.0 Å². The molecular formula is C30H29NO5. The number of para-hydroxylation sites is 1. The number of carbonyl (C=O) groups excluding carboxylic acids is 1. The van der Waals surface area contributed by atoms with Crippen molar-refractivity contribution in [2.75, 3.05) is 13.7 Å². The van der Waals surface area contributed by atoms with Crippen molar-refractivity contribution in [2.24, 2.45) is 0 Å². The van der Waals surface area contributed by atoms with E-state index >= 15 is 0 Å². The quantitative estimate of drug-likeness (QED) is 0.269. The van der Waals surface area contributed by atoms with Crippen LogP contribution in [-0.4, -0.2) is 24.5 Å².